The third-order valence-electron chi connectivity index (χ3n) is 3.90. The van der Waals surface area contributed by atoms with Crippen LogP contribution in [0, 0.1) is 0 Å². The van der Waals surface area contributed by atoms with Crippen LogP contribution in [0.4, 0.5) is 5.69 Å². The van der Waals surface area contributed by atoms with Crippen LogP contribution in [0.1, 0.15) is 27.5 Å². The lowest BCUT2D eigenvalue weighted by Gasteiger charge is -2.06. The highest BCUT2D eigenvalue weighted by Crippen LogP contribution is 2.22. The van der Waals surface area contributed by atoms with Gasteiger partial charge in [-0.05, 0) is 30.7 Å². The van der Waals surface area contributed by atoms with Gasteiger partial charge in [-0.2, -0.15) is 0 Å². The quantitative estimate of drug-likeness (QED) is 0.611. The van der Waals surface area contributed by atoms with Crippen molar-refractivity contribution in [2.75, 3.05) is 25.6 Å². The monoisotopic (exact) mass is 386 g/mol. The number of amides is 2. The zero-order chi connectivity index (χ0) is 19.2. The number of hydrogen-bond donors (Lipinski definition) is 2. The van der Waals surface area contributed by atoms with Crippen LogP contribution in [-0.4, -0.2) is 41.5 Å². The smallest absolute Gasteiger partial charge is 0.292 e. The first-order valence-corrected chi connectivity index (χ1v) is 8.79. The maximum absolute atomic E-state index is 12.7. The largest absolute Gasteiger partial charge is 0.385 e. The van der Waals surface area contributed by atoms with Crippen LogP contribution < -0.4 is 10.6 Å². The van der Waals surface area contributed by atoms with Gasteiger partial charge >= 0.3 is 0 Å². The van der Waals surface area contributed by atoms with Crippen LogP contribution in [0.15, 0.2) is 48.7 Å². The molecule has 140 valence electrons. The number of hydrogen-bond acceptors (Lipinski definition) is 4. The number of anilines is 1. The molecule has 2 amide bonds. The van der Waals surface area contributed by atoms with Crippen molar-refractivity contribution >= 4 is 34.6 Å². The average Bonchev–Trinajstić information content (AvgIpc) is 3.07. The summed E-state index contributed by atoms with van der Waals surface area (Å²) >= 11 is 6.10. The summed E-state index contributed by atoms with van der Waals surface area (Å²) in [5.74, 6) is -0.693. The molecule has 2 aromatic heterocycles. The van der Waals surface area contributed by atoms with Gasteiger partial charge in [-0.25, -0.2) is 4.98 Å². The molecule has 0 saturated heterocycles. The molecule has 0 aliphatic heterocycles. The fourth-order valence-electron chi connectivity index (χ4n) is 2.61. The molecule has 0 aliphatic carbocycles. The van der Waals surface area contributed by atoms with Crippen LogP contribution in [0.3, 0.4) is 0 Å². The molecule has 0 unspecified atom stereocenters. The van der Waals surface area contributed by atoms with Gasteiger partial charge in [-0.3, -0.25) is 14.0 Å². The van der Waals surface area contributed by atoms with Crippen LogP contribution in [0.5, 0.6) is 0 Å². The summed E-state index contributed by atoms with van der Waals surface area (Å²) in [6, 6.07) is 12.2. The first kappa shape index (κ1) is 18.9. The Labute approximate surface area is 161 Å². The van der Waals surface area contributed by atoms with Gasteiger partial charge in [0.25, 0.3) is 11.8 Å². The van der Waals surface area contributed by atoms with E-state index in [2.05, 4.69) is 15.6 Å². The van der Waals surface area contributed by atoms with Crippen LogP contribution >= 0.6 is 11.6 Å². The first-order valence-electron chi connectivity index (χ1n) is 8.42. The van der Waals surface area contributed by atoms with Crippen molar-refractivity contribution in [3.05, 3.63) is 65.2 Å². The highest BCUT2D eigenvalue weighted by molar-refractivity contribution is 6.33. The number of fused-ring (bicyclic) bond motifs is 1. The summed E-state index contributed by atoms with van der Waals surface area (Å²) in [5.41, 5.74) is 1.21. The maximum atomic E-state index is 12.7. The third kappa shape index (κ3) is 4.27. The Balaban J connectivity index is 1.87. The lowest BCUT2D eigenvalue weighted by atomic mass is 10.3. The topological polar surface area (TPSA) is 84.7 Å². The van der Waals surface area contributed by atoms with Gasteiger partial charge in [-0.1, -0.05) is 29.8 Å². The second-order valence-corrected chi connectivity index (χ2v) is 6.18. The zero-order valence-electron chi connectivity index (χ0n) is 14.7. The van der Waals surface area contributed by atoms with Gasteiger partial charge in [-0.15, -0.1) is 0 Å². The predicted molar refractivity (Wildman–Crippen MR) is 103 cm³/mol. The van der Waals surface area contributed by atoms with Gasteiger partial charge in [0, 0.05) is 26.5 Å². The van der Waals surface area contributed by atoms with E-state index in [-0.39, 0.29) is 17.4 Å². The van der Waals surface area contributed by atoms with Gasteiger partial charge in [0.15, 0.2) is 5.69 Å². The number of para-hydroxylation sites is 1. The Bertz CT molecular complexity index is 970. The van der Waals surface area contributed by atoms with E-state index in [0.29, 0.717) is 35.8 Å². The van der Waals surface area contributed by atoms with E-state index in [1.807, 2.05) is 0 Å². The van der Waals surface area contributed by atoms with Crippen LogP contribution in [0.2, 0.25) is 5.02 Å². The SMILES string of the molecule is COCCCNC(=O)c1nc(C(=O)Nc2ccccc2Cl)n2ccccc12. The minimum atomic E-state index is -0.456. The van der Waals surface area contributed by atoms with Crippen LogP contribution in [-0.2, 0) is 4.74 Å². The fraction of sp³-hybridized carbons (Fsp3) is 0.211. The number of methoxy groups -OCH3 is 1. The van der Waals surface area contributed by atoms with E-state index in [1.54, 1.807) is 60.2 Å². The first-order chi connectivity index (χ1) is 13.1. The molecule has 2 N–H and O–H groups in total. The number of nitrogens with zero attached hydrogens (tertiary/aromatic N) is 2. The zero-order valence-corrected chi connectivity index (χ0v) is 15.5. The summed E-state index contributed by atoms with van der Waals surface area (Å²) in [6.07, 6.45) is 2.37. The lowest BCUT2D eigenvalue weighted by molar-refractivity contribution is 0.0946. The highest BCUT2D eigenvalue weighted by Gasteiger charge is 2.21. The normalized spacial score (nSPS) is 10.7. The molecule has 0 spiro atoms. The standard InChI is InChI=1S/C19H19ClN4O3/c1-27-12-6-10-21-18(25)16-15-9-4-5-11-24(15)17(23-16)19(26)22-14-8-3-2-7-13(14)20/h2-5,7-9,11H,6,10,12H2,1H3,(H,21,25)(H,22,26). The number of ether oxygens (including phenoxy) is 1. The van der Waals surface area contributed by atoms with Crippen LogP contribution in [0.25, 0.3) is 5.52 Å². The Morgan fingerprint density at radius 2 is 1.93 bits per heavy atom. The molecular formula is C19H19ClN4O3. The minimum Gasteiger partial charge on any atom is -0.385 e. The summed E-state index contributed by atoms with van der Waals surface area (Å²) in [7, 11) is 1.61. The second kappa shape index (κ2) is 8.66. The summed E-state index contributed by atoms with van der Waals surface area (Å²) in [4.78, 5) is 29.5. The highest BCUT2D eigenvalue weighted by atomic mass is 35.5. The minimum absolute atomic E-state index is 0.104. The molecule has 0 radical (unpaired) electrons. The molecule has 1 aromatic carbocycles. The van der Waals surface area contributed by atoms with Crippen molar-refractivity contribution in [1.29, 1.82) is 0 Å². The molecule has 7 nitrogen and oxygen atoms in total. The summed E-state index contributed by atoms with van der Waals surface area (Å²) in [6.45, 7) is 1.01. The fourth-order valence-corrected chi connectivity index (χ4v) is 2.79. The third-order valence-corrected chi connectivity index (χ3v) is 4.23. The molecule has 0 atom stereocenters. The van der Waals surface area contributed by atoms with Crippen molar-refractivity contribution in [1.82, 2.24) is 14.7 Å². The van der Waals surface area contributed by atoms with E-state index in [9.17, 15) is 9.59 Å². The van der Waals surface area contributed by atoms with E-state index in [1.165, 1.54) is 0 Å². The van der Waals surface area contributed by atoms with Crippen molar-refractivity contribution < 1.29 is 14.3 Å². The Morgan fingerprint density at radius 1 is 1.15 bits per heavy atom. The Morgan fingerprint density at radius 3 is 2.70 bits per heavy atom. The molecule has 0 bridgehead atoms. The van der Waals surface area contributed by atoms with E-state index < -0.39 is 5.91 Å². The maximum Gasteiger partial charge on any atom is 0.292 e. The van der Waals surface area contributed by atoms with Gasteiger partial charge in [0.1, 0.15) is 0 Å². The van der Waals surface area contributed by atoms with Crippen molar-refractivity contribution in [2.24, 2.45) is 0 Å². The van der Waals surface area contributed by atoms with Gasteiger partial charge in [0.2, 0.25) is 5.82 Å². The molecule has 3 rings (SSSR count). The number of benzene rings is 1. The molecule has 0 saturated carbocycles. The Kier molecular flexibility index (Phi) is 6.05. The number of pyridine rings is 1. The Hall–Kier alpha value is -2.90. The van der Waals surface area contributed by atoms with Gasteiger partial charge < -0.3 is 15.4 Å². The predicted octanol–water partition coefficient (Wildman–Crippen LogP) is 3.01. The molecule has 3 aromatic rings. The molecule has 0 aliphatic rings. The summed E-state index contributed by atoms with van der Waals surface area (Å²) in [5, 5.41) is 5.94. The lowest BCUT2D eigenvalue weighted by Crippen LogP contribution is -2.26. The van der Waals surface area contributed by atoms with E-state index >= 15 is 0 Å². The van der Waals surface area contributed by atoms with E-state index in [4.69, 9.17) is 16.3 Å². The molecule has 8 heteroatoms. The van der Waals surface area contributed by atoms with Gasteiger partial charge in [0.05, 0.1) is 16.2 Å². The number of carbonyl (C=O) groups is 2. The average molecular weight is 387 g/mol. The number of carbonyl (C=O) groups excluding carboxylic acids is 2. The second-order valence-electron chi connectivity index (χ2n) is 5.78. The molecule has 27 heavy (non-hydrogen) atoms. The number of halogens is 1. The van der Waals surface area contributed by atoms with Crippen molar-refractivity contribution in [2.45, 2.75) is 6.42 Å². The number of imidazole rings is 1. The molecular weight excluding hydrogens is 368 g/mol. The van der Waals surface area contributed by atoms with Crippen molar-refractivity contribution in [3.63, 3.8) is 0 Å². The summed E-state index contributed by atoms with van der Waals surface area (Å²) < 4.78 is 6.55. The number of nitrogens with one attached hydrogen (secondary N) is 2. The number of aromatic nitrogens is 2. The molecule has 2 heterocycles. The van der Waals surface area contributed by atoms with Crippen molar-refractivity contribution in [3.8, 4) is 0 Å². The number of rotatable bonds is 7. The van der Waals surface area contributed by atoms with E-state index in [0.717, 1.165) is 0 Å². The molecule has 0 fully saturated rings.